The van der Waals surface area contributed by atoms with Crippen molar-refractivity contribution in [2.75, 3.05) is 33.2 Å². The lowest BCUT2D eigenvalue weighted by Gasteiger charge is -2.35. The molecule has 0 aromatic rings. The van der Waals surface area contributed by atoms with Gasteiger partial charge in [0.25, 0.3) is 10.2 Å². The van der Waals surface area contributed by atoms with Gasteiger partial charge in [0.2, 0.25) is 0 Å². The molecular formula is C11H26ClN3O2S. The Bertz CT molecular complexity index is 318. The minimum Gasteiger partial charge on any atom is -0.317 e. The van der Waals surface area contributed by atoms with Crippen molar-refractivity contribution in [3.63, 3.8) is 0 Å². The van der Waals surface area contributed by atoms with Crippen LogP contribution in [-0.4, -0.2) is 56.3 Å². The van der Waals surface area contributed by atoms with Crippen molar-refractivity contribution in [1.29, 1.82) is 0 Å². The van der Waals surface area contributed by atoms with E-state index in [1.807, 2.05) is 13.8 Å². The maximum absolute atomic E-state index is 12.4. The Morgan fingerprint density at radius 3 is 2.22 bits per heavy atom. The van der Waals surface area contributed by atoms with E-state index < -0.39 is 10.2 Å². The topological polar surface area (TPSA) is 52.7 Å². The zero-order valence-electron chi connectivity index (χ0n) is 11.6. The van der Waals surface area contributed by atoms with Crippen LogP contribution in [0.15, 0.2) is 0 Å². The number of hydrogen-bond acceptors (Lipinski definition) is 3. The Kier molecular flexibility index (Phi) is 8.38. The van der Waals surface area contributed by atoms with E-state index in [9.17, 15) is 8.42 Å². The second-order valence-corrected chi connectivity index (χ2v) is 6.50. The summed E-state index contributed by atoms with van der Waals surface area (Å²) in [5.41, 5.74) is 0. The second kappa shape index (κ2) is 8.32. The van der Waals surface area contributed by atoms with E-state index in [1.165, 1.54) is 4.31 Å². The molecule has 0 aromatic carbocycles. The number of halogens is 1. The summed E-state index contributed by atoms with van der Waals surface area (Å²) in [5.74, 6) is 0. The molecule has 1 rings (SSSR count). The number of nitrogens with zero attached hydrogens (tertiary/aromatic N) is 2. The lowest BCUT2D eigenvalue weighted by molar-refractivity contribution is 0.247. The number of nitrogens with one attached hydrogen (secondary N) is 1. The van der Waals surface area contributed by atoms with Gasteiger partial charge in [-0.15, -0.1) is 12.4 Å². The molecule has 0 aliphatic carbocycles. The largest absolute Gasteiger partial charge is 0.317 e. The Balaban J connectivity index is 0.00000289. The summed E-state index contributed by atoms with van der Waals surface area (Å²) < 4.78 is 27.9. The van der Waals surface area contributed by atoms with Gasteiger partial charge in [0.05, 0.1) is 0 Å². The van der Waals surface area contributed by atoms with Gasteiger partial charge in [-0.3, -0.25) is 0 Å². The van der Waals surface area contributed by atoms with E-state index in [4.69, 9.17) is 0 Å². The molecular weight excluding hydrogens is 274 g/mol. The van der Waals surface area contributed by atoms with Crippen LogP contribution >= 0.6 is 12.4 Å². The summed E-state index contributed by atoms with van der Waals surface area (Å²) in [6, 6.07) is 0.162. The zero-order chi connectivity index (χ0) is 12.9. The van der Waals surface area contributed by atoms with Crippen molar-refractivity contribution < 1.29 is 8.42 Å². The van der Waals surface area contributed by atoms with Gasteiger partial charge in [0, 0.05) is 26.2 Å². The molecule has 0 spiro atoms. The lowest BCUT2D eigenvalue weighted by Crippen LogP contribution is -2.50. The van der Waals surface area contributed by atoms with Gasteiger partial charge < -0.3 is 5.32 Å². The normalized spacial score (nSPS) is 18.1. The second-order valence-electron chi connectivity index (χ2n) is 4.51. The van der Waals surface area contributed by atoms with Gasteiger partial charge in [-0.05, 0) is 32.4 Å². The first-order valence-corrected chi connectivity index (χ1v) is 7.87. The fourth-order valence-electron chi connectivity index (χ4n) is 2.14. The predicted molar refractivity (Wildman–Crippen MR) is 77.4 cm³/mol. The van der Waals surface area contributed by atoms with Crippen LogP contribution in [0.5, 0.6) is 0 Å². The van der Waals surface area contributed by atoms with Crippen LogP contribution in [0.2, 0.25) is 0 Å². The summed E-state index contributed by atoms with van der Waals surface area (Å²) in [6.07, 6.45) is 2.69. The van der Waals surface area contributed by atoms with Crippen LogP contribution in [0.4, 0.5) is 0 Å². The Labute approximate surface area is 118 Å². The average molecular weight is 300 g/mol. The molecule has 1 N–H and O–H groups in total. The highest BCUT2D eigenvalue weighted by Crippen LogP contribution is 2.18. The fraction of sp³-hybridized carbons (Fsp3) is 1.00. The summed E-state index contributed by atoms with van der Waals surface area (Å²) in [4.78, 5) is 0. The molecule has 1 saturated heterocycles. The maximum Gasteiger partial charge on any atom is 0.281 e. The van der Waals surface area contributed by atoms with Crippen LogP contribution in [0.25, 0.3) is 0 Å². The number of hydrogen-bond donors (Lipinski definition) is 1. The molecule has 7 heteroatoms. The van der Waals surface area contributed by atoms with Crippen molar-refractivity contribution in [1.82, 2.24) is 13.9 Å². The molecule has 18 heavy (non-hydrogen) atoms. The summed E-state index contributed by atoms with van der Waals surface area (Å²) in [5, 5.41) is 3.27. The predicted octanol–water partition coefficient (Wildman–Crippen LogP) is 1.07. The zero-order valence-corrected chi connectivity index (χ0v) is 13.2. The minimum atomic E-state index is -3.27. The minimum absolute atomic E-state index is 0. The molecule has 110 valence electrons. The molecule has 0 aromatic heterocycles. The van der Waals surface area contributed by atoms with Gasteiger partial charge in [-0.2, -0.15) is 17.0 Å². The lowest BCUT2D eigenvalue weighted by atomic mass is 10.1. The Hall–Kier alpha value is 0.120. The molecule has 1 heterocycles. The van der Waals surface area contributed by atoms with E-state index in [0.717, 1.165) is 32.4 Å². The van der Waals surface area contributed by atoms with E-state index in [-0.39, 0.29) is 18.4 Å². The van der Waals surface area contributed by atoms with Crippen molar-refractivity contribution >= 4 is 22.6 Å². The first-order valence-electron chi connectivity index (χ1n) is 6.47. The summed E-state index contributed by atoms with van der Waals surface area (Å²) in [6.45, 7) is 6.86. The van der Waals surface area contributed by atoms with Crippen molar-refractivity contribution in [3.05, 3.63) is 0 Å². The molecule has 1 fully saturated rings. The van der Waals surface area contributed by atoms with Crippen molar-refractivity contribution in [2.45, 2.75) is 39.2 Å². The highest BCUT2D eigenvalue weighted by molar-refractivity contribution is 7.86. The van der Waals surface area contributed by atoms with Gasteiger partial charge in [0.1, 0.15) is 0 Å². The molecule has 0 atom stereocenters. The van der Waals surface area contributed by atoms with Crippen LogP contribution in [0, 0.1) is 0 Å². The SMILES string of the molecule is CCCN(C1CCNCC1)S(=O)(=O)N(C)CC.Cl. The molecule has 0 bridgehead atoms. The third-order valence-corrected chi connectivity index (χ3v) is 5.41. The van der Waals surface area contributed by atoms with Gasteiger partial charge in [-0.1, -0.05) is 13.8 Å². The highest BCUT2D eigenvalue weighted by atomic mass is 35.5. The van der Waals surface area contributed by atoms with Crippen LogP contribution in [0.1, 0.15) is 33.1 Å². The Morgan fingerprint density at radius 2 is 1.78 bits per heavy atom. The highest BCUT2D eigenvalue weighted by Gasteiger charge is 2.32. The molecule has 0 saturated carbocycles. The molecule has 5 nitrogen and oxygen atoms in total. The molecule has 1 aliphatic heterocycles. The number of rotatable bonds is 6. The third kappa shape index (κ3) is 4.35. The maximum atomic E-state index is 12.4. The van der Waals surface area contributed by atoms with Crippen molar-refractivity contribution in [2.24, 2.45) is 0 Å². The van der Waals surface area contributed by atoms with Gasteiger partial charge in [0.15, 0.2) is 0 Å². The first kappa shape index (κ1) is 18.1. The molecule has 0 radical (unpaired) electrons. The van der Waals surface area contributed by atoms with E-state index in [0.29, 0.717) is 13.1 Å². The number of piperidine rings is 1. The fourth-order valence-corrected chi connectivity index (χ4v) is 3.83. The molecule has 0 unspecified atom stereocenters. The first-order chi connectivity index (χ1) is 8.04. The monoisotopic (exact) mass is 299 g/mol. The molecule has 1 aliphatic rings. The van der Waals surface area contributed by atoms with Crippen LogP contribution < -0.4 is 5.32 Å². The van der Waals surface area contributed by atoms with E-state index >= 15 is 0 Å². The molecule has 0 amide bonds. The Morgan fingerprint density at radius 1 is 1.22 bits per heavy atom. The average Bonchev–Trinajstić information content (AvgIpc) is 2.35. The van der Waals surface area contributed by atoms with Crippen LogP contribution in [-0.2, 0) is 10.2 Å². The van der Waals surface area contributed by atoms with Crippen LogP contribution in [0.3, 0.4) is 0 Å². The summed E-state index contributed by atoms with van der Waals surface area (Å²) in [7, 11) is -1.62. The van der Waals surface area contributed by atoms with Gasteiger partial charge >= 0.3 is 0 Å². The van der Waals surface area contributed by atoms with E-state index in [2.05, 4.69) is 5.32 Å². The summed E-state index contributed by atoms with van der Waals surface area (Å²) >= 11 is 0. The van der Waals surface area contributed by atoms with E-state index in [1.54, 1.807) is 11.4 Å². The van der Waals surface area contributed by atoms with Crippen molar-refractivity contribution in [3.8, 4) is 0 Å². The standard InChI is InChI=1S/C11H25N3O2S.ClH/c1-4-10-14(11-6-8-12-9-7-11)17(15,16)13(3)5-2;/h11-12H,4-10H2,1-3H3;1H. The van der Waals surface area contributed by atoms with Gasteiger partial charge in [-0.25, -0.2) is 0 Å². The quantitative estimate of drug-likeness (QED) is 0.798. The smallest absolute Gasteiger partial charge is 0.281 e. The third-order valence-electron chi connectivity index (χ3n) is 3.30.